The zero-order valence-electron chi connectivity index (χ0n) is 10.8. The molecule has 0 atom stereocenters. The summed E-state index contributed by atoms with van der Waals surface area (Å²) in [6.45, 7) is 5.74. The van der Waals surface area contributed by atoms with Gasteiger partial charge >= 0.3 is 0 Å². The summed E-state index contributed by atoms with van der Waals surface area (Å²) in [5.41, 5.74) is 2.25. The number of hydrogen-bond acceptors (Lipinski definition) is 3. The molecule has 0 radical (unpaired) electrons. The molecule has 0 spiro atoms. The van der Waals surface area contributed by atoms with Crippen molar-refractivity contribution < 1.29 is 5.11 Å². The van der Waals surface area contributed by atoms with Crippen molar-refractivity contribution in [1.29, 1.82) is 0 Å². The van der Waals surface area contributed by atoms with E-state index in [0.29, 0.717) is 11.8 Å². The molecule has 2 N–H and O–H groups in total. The molecule has 18 heavy (non-hydrogen) atoms. The number of phenols is 1. The lowest BCUT2D eigenvalue weighted by molar-refractivity contribution is 0.473. The lowest BCUT2D eigenvalue weighted by Crippen LogP contribution is -2.17. The van der Waals surface area contributed by atoms with E-state index in [1.165, 1.54) is 5.69 Å². The molecular formula is C14H19N3O. The summed E-state index contributed by atoms with van der Waals surface area (Å²) in [6, 6.07) is 9.69. The quantitative estimate of drug-likeness (QED) is 0.850. The van der Waals surface area contributed by atoms with Crippen LogP contribution in [0.2, 0.25) is 0 Å². The summed E-state index contributed by atoms with van der Waals surface area (Å²) in [7, 11) is 0. The van der Waals surface area contributed by atoms with Gasteiger partial charge in [-0.2, -0.15) is 5.10 Å². The van der Waals surface area contributed by atoms with Gasteiger partial charge in [-0.25, -0.2) is 0 Å². The van der Waals surface area contributed by atoms with Crippen molar-refractivity contribution in [1.82, 2.24) is 15.1 Å². The van der Waals surface area contributed by atoms with Gasteiger partial charge in [0.05, 0.1) is 5.69 Å². The van der Waals surface area contributed by atoms with Crippen LogP contribution in [-0.4, -0.2) is 14.9 Å². The standard InChI is InChI=1S/C14H19N3O/c1-11(2)17-13(6-7-16-17)10-15-9-12-4-3-5-14(18)8-12/h3-8,11,15,18H,9-10H2,1-2H3. The summed E-state index contributed by atoms with van der Waals surface area (Å²) < 4.78 is 2.01. The molecule has 4 nitrogen and oxygen atoms in total. The maximum atomic E-state index is 9.37. The highest BCUT2D eigenvalue weighted by molar-refractivity contribution is 5.26. The topological polar surface area (TPSA) is 50.1 Å². The van der Waals surface area contributed by atoms with Crippen LogP contribution < -0.4 is 5.32 Å². The van der Waals surface area contributed by atoms with Gasteiger partial charge in [0.1, 0.15) is 5.75 Å². The third-order valence-corrected chi connectivity index (χ3v) is 2.79. The van der Waals surface area contributed by atoms with Crippen LogP contribution in [-0.2, 0) is 13.1 Å². The van der Waals surface area contributed by atoms with Crippen LogP contribution in [0.15, 0.2) is 36.5 Å². The molecule has 2 aromatic rings. The van der Waals surface area contributed by atoms with Crippen LogP contribution in [0, 0.1) is 0 Å². The van der Waals surface area contributed by atoms with Gasteiger partial charge in [-0.1, -0.05) is 12.1 Å². The summed E-state index contributed by atoms with van der Waals surface area (Å²) in [5.74, 6) is 0.307. The fourth-order valence-electron chi connectivity index (χ4n) is 1.95. The second kappa shape index (κ2) is 5.69. The molecule has 1 heterocycles. The molecule has 1 aromatic heterocycles. The molecule has 0 saturated heterocycles. The third kappa shape index (κ3) is 3.11. The predicted molar refractivity (Wildman–Crippen MR) is 71.3 cm³/mol. The van der Waals surface area contributed by atoms with E-state index in [9.17, 15) is 5.11 Å². The number of hydrogen-bond donors (Lipinski definition) is 2. The Bertz CT molecular complexity index is 505. The van der Waals surface area contributed by atoms with Gasteiger partial charge in [0.15, 0.2) is 0 Å². The average Bonchev–Trinajstić information content (AvgIpc) is 2.77. The molecule has 0 aliphatic heterocycles. The van der Waals surface area contributed by atoms with Crippen LogP contribution in [0.3, 0.4) is 0 Å². The Kier molecular flexibility index (Phi) is 3.99. The number of phenolic OH excluding ortho intramolecular Hbond substituents is 1. The Labute approximate surface area is 107 Å². The molecule has 4 heteroatoms. The minimum Gasteiger partial charge on any atom is -0.508 e. The Morgan fingerprint density at radius 3 is 2.83 bits per heavy atom. The smallest absolute Gasteiger partial charge is 0.115 e. The zero-order chi connectivity index (χ0) is 13.0. The fraction of sp³-hybridized carbons (Fsp3) is 0.357. The van der Waals surface area contributed by atoms with Gasteiger partial charge in [-0.05, 0) is 37.6 Å². The molecule has 0 saturated carbocycles. The van der Waals surface area contributed by atoms with Crippen molar-refractivity contribution in [3.05, 3.63) is 47.8 Å². The highest BCUT2D eigenvalue weighted by Gasteiger charge is 2.05. The number of benzene rings is 1. The van der Waals surface area contributed by atoms with E-state index in [1.807, 2.05) is 29.1 Å². The van der Waals surface area contributed by atoms with E-state index in [1.54, 1.807) is 12.1 Å². The first-order chi connectivity index (χ1) is 8.66. The maximum Gasteiger partial charge on any atom is 0.115 e. The van der Waals surface area contributed by atoms with E-state index in [0.717, 1.165) is 18.7 Å². The van der Waals surface area contributed by atoms with Gasteiger partial charge in [-0.15, -0.1) is 0 Å². The van der Waals surface area contributed by atoms with Crippen molar-refractivity contribution in [3.63, 3.8) is 0 Å². The van der Waals surface area contributed by atoms with Gasteiger partial charge < -0.3 is 10.4 Å². The van der Waals surface area contributed by atoms with E-state index < -0.39 is 0 Å². The van der Waals surface area contributed by atoms with Crippen LogP contribution in [0.4, 0.5) is 0 Å². The highest BCUT2D eigenvalue weighted by atomic mass is 16.3. The molecule has 96 valence electrons. The Balaban J connectivity index is 1.90. The normalized spacial score (nSPS) is 11.1. The minimum absolute atomic E-state index is 0.307. The summed E-state index contributed by atoms with van der Waals surface area (Å²) in [6.07, 6.45) is 1.82. The van der Waals surface area contributed by atoms with Gasteiger partial charge in [0.2, 0.25) is 0 Å². The lowest BCUT2D eigenvalue weighted by atomic mass is 10.2. The number of rotatable bonds is 5. The predicted octanol–water partition coefficient (Wildman–Crippen LogP) is 2.46. The third-order valence-electron chi connectivity index (χ3n) is 2.79. The summed E-state index contributed by atoms with van der Waals surface area (Å²) in [5, 5.41) is 17.0. The maximum absolute atomic E-state index is 9.37. The summed E-state index contributed by atoms with van der Waals surface area (Å²) >= 11 is 0. The minimum atomic E-state index is 0.307. The number of aromatic nitrogens is 2. The first-order valence-corrected chi connectivity index (χ1v) is 6.18. The van der Waals surface area contributed by atoms with Crippen molar-refractivity contribution in [2.75, 3.05) is 0 Å². The van der Waals surface area contributed by atoms with Crippen LogP contribution in [0.1, 0.15) is 31.1 Å². The zero-order valence-corrected chi connectivity index (χ0v) is 10.8. The molecule has 0 aliphatic carbocycles. The second-order valence-electron chi connectivity index (χ2n) is 4.63. The first-order valence-electron chi connectivity index (χ1n) is 6.18. The molecule has 0 aliphatic rings. The van der Waals surface area contributed by atoms with Crippen molar-refractivity contribution in [3.8, 4) is 5.75 Å². The van der Waals surface area contributed by atoms with Crippen molar-refractivity contribution >= 4 is 0 Å². The number of nitrogens with one attached hydrogen (secondary N) is 1. The van der Waals surface area contributed by atoms with E-state index >= 15 is 0 Å². The largest absolute Gasteiger partial charge is 0.508 e. The van der Waals surface area contributed by atoms with Crippen LogP contribution in [0.5, 0.6) is 5.75 Å². The second-order valence-corrected chi connectivity index (χ2v) is 4.63. The SMILES string of the molecule is CC(C)n1nccc1CNCc1cccc(O)c1. The van der Waals surface area contributed by atoms with E-state index in [4.69, 9.17) is 0 Å². The molecule has 0 bridgehead atoms. The molecule has 0 amide bonds. The van der Waals surface area contributed by atoms with Gasteiger partial charge in [0, 0.05) is 25.3 Å². The average molecular weight is 245 g/mol. The molecule has 0 fully saturated rings. The lowest BCUT2D eigenvalue weighted by Gasteiger charge is -2.11. The number of aromatic hydroxyl groups is 1. The van der Waals surface area contributed by atoms with Gasteiger partial charge in [-0.3, -0.25) is 4.68 Å². The van der Waals surface area contributed by atoms with E-state index in [-0.39, 0.29) is 0 Å². The first kappa shape index (κ1) is 12.6. The van der Waals surface area contributed by atoms with E-state index in [2.05, 4.69) is 24.3 Å². The Hall–Kier alpha value is -1.81. The van der Waals surface area contributed by atoms with Crippen LogP contribution >= 0.6 is 0 Å². The molecule has 0 unspecified atom stereocenters. The van der Waals surface area contributed by atoms with Crippen molar-refractivity contribution in [2.45, 2.75) is 33.0 Å². The van der Waals surface area contributed by atoms with Crippen molar-refractivity contribution in [2.24, 2.45) is 0 Å². The van der Waals surface area contributed by atoms with Crippen LogP contribution in [0.25, 0.3) is 0 Å². The molecule has 2 rings (SSSR count). The molecule has 1 aromatic carbocycles. The number of nitrogens with zero attached hydrogens (tertiary/aromatic N) is 2. The summed E-state index contributed by atoms with van der Waals surface area (Å²) in [4.78, 5) is 0. The molecular weight excluding hydrogens is 226 g/mol. The Morgan fingerprint density at radius 1 is 1.28 bits per heavy atom. The Morgan fingerprint density at radius 2 is 2.11 bits per heavy atom. The van der Waals surface area contributed by atoms with Gasteiger partial charge in [0.25, 0.3) is 0 Å². The highest BCUT2D eigenvalue weighted by Crippen LogP contribution is 2.11. The fourth-order valence-corrected chi connectivity index (χ4v) is 1.95. The monoisotopic (exact) mass is 245 g/mol.